The van der Waals surface area contributed by atoms with Gasteiger partial charge in [-0.3, -0.25) is 4.79 Å². The van der Waals surface area contributed by atoms with E-state index in [0.29, 0.717) is 16.8 Å². The lowest BCUT2D eigenvalue weighted by Crippen LogP contribution is -2.37. The van der Waals surface area contributed by atoms with Crippen molar-refractivity contribution in [2.24, 2.45) is 0 Å². The van der Waals surface area contributed by atoms with E-state index in [9.17, 15) is 18.0 Å². The summed E-state index contributed by atoms with van der Waals surface area (Å²) in [5.74, 6) is -0.176. The van der Waals surface area contributed by atoms with Crippen molar-refractivity contribution in [2.75, 3.05) is 5.32 Å². The van der Waals surface area contributed by atoms with E-state index in [4.69, 9.17) is 4.42 Å². The number of furan rings is 1. The van der Waals surface area contributed by atoms with Crippen LogP contribution < -0.4 is 10.6 Å². The number of benzene rings is 2. The molecule has 0 aliphatic carbocycles. The summed E-state index contributed by atoms with van der Waals surface area (Å²) >= 11 is -0.174. The van der Waals surface area contributed by atoms with Crippen LogP contribution in [0.15, 0.2) is 57.8 Å². The number of hydrogen-bond acceptors (Lipinski definition) is 4. The molecule has 0 saturated carbocycles. The summed E-state index contributed by atoms with van der Waals surface area (Å²) in [6.07, 6.45) is -0.550. The Kier molecular flexibility index (Phi) is 3.64. The molecule has 2 N–H and O–H groups in total. The van der Waals surface area contributed by atoms with E-state index >= 15 is 0 Å². The third kappa shape index (κ3) is 3.05. The van der Waals surface area contributed by atoms with Crippen molar-refractivity contribution < 1.29 is 22.4 Å². The minimum Gasteiger partial charge on any atom is -0.449 e. The second-order valence-corrected chi connectivity index (χ2v) is 6.61. The molecular formula is C17H11F3N2O2S. The highest BCUT2D eigenvalue weighted by Gasteiger charge is 2.31. The van der Waals surface area contributed by atoms with Gasteiger partial charge >= 0.3 is 5.51 Å². The smallest absolute Gasteiger partial charge is 0.446 e. The predicted octanol–water partition coefficient (Wildman–Crippen LogP) is 4.90. The fourth-order valence-electron chi connectivity index (χ4n) is 2.75. The molecule has 1 aliphatic rings. The zero-order valence-corrected chi connectivity index (χ0v) is 13.4. The molecule has 0 spiro atoms. The van der Waals surface area contributed by atoms with Gasteiger partial charge in [0, 0.05) is 10.3 Å². The minimum absolute atomic E-state index is 0.0906. The third-order valence-corrected chi connectivity index (χ3v) is 4.55. The van der Waals surface area contributed by atoms with E-state index in [-0.39, 0.29) is 28.3 Å². The Balaban J connectivity index is 1.63. The van der Waals surface area contributed by atoms with Crippen LogP contribution in [0.4, 0.5) is 18.9 Å². The highest BCUT2D eigenvalue weighted by Crippen LogP contribution is 2.38. The fraction of sp³-hybridized carbons (Fsp3) is 0.118. The van der Waals surface area contributed by atoms with E-state index in [0.717, 1.165) is 5.39 Å². The normalized spacial score (nSPS) is 17.1. The first kappa shape index (κ1) is 15.9. The van der Waals surface area contributed by atoms with Crippen molar-refractivity contribution in [1.29, 1.82) is 0 Å². The molecule has 4 nitrogen and oxygen atoms in total. The molecule has 0 unspecified atom stereocenters. The van der Waals surface area contributed by atoms with E-state index in [1.165, 1.54) is 12.1 Å². The Labute approximate surface area is 144 Å². The van der Waals surface area contributed by atoms with Crippen molar-refractivity contribution in [3.05, 3.63) is 59.9 Å². The molecule has 0 radical (unpaired) electrons. The minimum atomic E-state index is -4.33. The first-order valence-electron chi connectivity index (χ1n) is 7.35. The first-order chi connectivity index (χ1) is 11.9. The molecule has 0 saturated heterocycles. The number of carbonyl (C=O) groups excluding carboxylic acids is 1. The molecule has 1 atom stereocenters. The second-order valence-electron chi connectivity index (χ2n) is 5.47. The van der Waals surface area contributed by atoms with Crippen LogP contribution in [0.3, 0.4) is 0 Å². The van der Waals surface area contributed by atoms with Gasteiger partial charge < -0.3 is 15.1 Å². The summed E-state index contributed by atoms with van der Waals surface area (Å²) in [7, 11) is 0. The number of hydrogen-bond donors (Lipinski definition) is 2. The van der Waals surface area contributed by atoms with Crippen LogP contribution >= 0.6 is 11.8 Å². The molecule has 2 aromatic carbocycles. The molecule has 128 valence electrons. The number of halogens is 3. The Morgan fingerprint density at radius 3 is 2.44 bits per heavy atom. The summed E-state index contributed by atoms with van der Waals surface area (Å²) in [6.45, 7) is 0. The van der Waals surface area contributed by atoms with Crippen LogP contribution in [0.2, 0.25) is 0 Å². The van der Waals surface area contributed by atoms with Gasteiger partial charge in [-0.2, -0.15) is 13.2 Å². The van der Waals surface area contributed by atoms with Gasteiger partial charge in [-0.15, -0.1) is 0 Å². The highest BCUT2D eigenvalue weighted by atomic mass is 32.2. The highest BCUT2D eigenvalue weighted by molar-refractivity contribution is 8.00. The molecule has 1 aliphatic heterocycles. The Morgan fingerprint density at radius 2 is 1.72 bits per heavy atom. The van der Waals surface area contributed by atoms with E-state index < -0.39 is 11.7 Å². The van der Waals surface area contributed by atoms with E-state index in [1.54, 1.807) is 18.2 Å². The van der Waals surface area contributed by atoms with Gasteiger partial charge in [-0.1, -0.05) is 24.3 Å². The third-order valence-electron chi connectivity index (χ3n) is 3.81. The van der Waals surface area contributed by atoms with Crippen LogP contribution in [0.1, 0.15) is 22.3 Å². The number of carbonyl (C=O) groups is 1. The van der Waals surface area contributed by atoms with Gasteiger partial charge in [0.25, 0.3) is 5.91 Å². The zero-order valence-electron chi connectivity index (χ0n) is 12.6. The maximum Gasteiger partial charge on any atom is 0.446 e. The number of rotatable bonds is 2. The predicted molar refractivity (Wildman–Crippen MR) is 88.4 cm³/mol. The molecular weight excluding hydrogens is 353 g/mol. The average Bonchev–Trinajstić information content (AvgIpc) is 2.94. The summed E-state index contributed by atoms with van der Waals surface area (Å²) in [4.78, 5) is 12.4. The van der Waals surface area contributed by atoms with E-state index in [1.807, 2.05) is 18.2 Å². The monoisotopic (exact) mass is 364 g/mol. The molecule has 0 fully saturated rings. The largest absolute Gasteiger partial charge is 0.449 e. The van der Waals surface area contributed by atoms with Crippen molar-refractivity contribution >= 4 is 34.3 Å². The number of anilines is 1. The number of fused-ring (bicyclic) bond motifs is 3. The molecule has 1 aromatic heterocycles. The van der Waals surface area contributed by atoms with Gasteiger partial charge in [-0.25, -0.2) is 0 Å². The van der Waals surface area contributed by atoms with Crippen molar-refractivity contribution in [3.8, 4) is 0 Å². The van der Waals surface area contributed by atoms with Gasteiger partial charge in [-0.05, 0) is 41.6 Å². The lowest BCUT2D eigenvalue weighted by atomic mass is 10.1. The molecule has 8 heteroatoms. The molecule has 1 amide bonds. The summed E-state index contributed by atoms with van der Waals surface area (Å²) in [6, 6.07) is 13.1. The standard InChI is InChI=1S/C17H11F3N2O2S/c18-17(19,20)25-10-7-5-9(6-8-10)15-21-13-11-3-1-2-4-12(11)24-14(13)16(23)22-15/h1-8,15,21H,(H,22,23)/t15-/m1/s1. The van der Waals surface area contributed by atoms with Crippen molar-refractivity contribution in [3.63, 3.8) is 0 Å². The van der Waals surface area contributed by atoms with Gasteiger partial charge in [0.15, 0.2) is 0 Å². The van der Waals surface area contributed by atoms with Crippen molar-refractivity contribution in [1.82, 2.24) is 5.32 Å². The zero-order chi connectivity index (χ0) is 17.6. The molecule has 25 heavy (non-hydrogen) atoms. The van der Waals surface area contributed by atoms with Gasteiger partial charge in [0.05, 0.1) is 5.69 Å². The lowest BCUT2D eigenvalue weighted by molar-refractivity contribution is -0.0328. The van der Waals surface area contributed by atoms with E-state index in [2.05, 4.69) is 10.6 Å². The Bertz CT molecular complexity index is 951. The number of para-hydroxylation sites is 1. The molecule has 3 aromatic rings. The van der Waals surface area contributed by atoms with Crippen LogP contribution in [-0.4, -0.2) is 11.4 Å². The summed E-state index contributed by atoms with van der Waals surface area (Å²) in [5.41, 5.74) is -2.51. The number of nitrogens with one attached hydrogen (secondary N) is 2. The van der Waals surface area contributed by atoms with Crippen LogP contribution in [0.25, 0.3) is 11.0 Å². The van der Waals surface area contributed by atoms with Crippen LogP contribution in [0, 0.1) is 0 Å². The van der Waals surface area contributed by atoms with Gasteiger partial charge in [0.1, 0.15) is 11.7 Å². The summed E-state index contributed by atoms with van der Waals surface area (Å²) < 4.78 is 42.8. The molecule has 4 rings (SSSR count). The SMILES string of the molecule is O=C1N[C@H](c2ccc(SC(F)(F)F)cc2)Nc2c1oc1ccccc21. The molecule has 2 heterocycles. The fourth-order valence-corrected chi connectivity index (χ4v) is 3.29. The van der Waals surface area contributed by atoms with Crippen LogP contribution in [0.5, 0.6) is 0 Å². The topological polar surface area (TPSA) is 54.3 Å². The molecule has 0 bridgehead atoms. The maximum absolute atomic E-state index is 12.4. The number of amides is 1. The average molecular weight is 364 g/mol. The Morgan fingerprint density at radius 1 is 1.00 bits per heavy atom. The Hall–Kier alpha value is -2.61. The maximum atomic E-state index is 12.4. The van der Waals surface area contributed by atoms with Crippen molar-refractivity contribution in [2.45, 2.75) is 16.6 Å². The quantitative estimate of drug-likeness (QED) is 0.635. The summed E-state index contributed by atoms with van der Waals surface area (Å²) in [5, 5.41) is 6.70. The second kappa shape index (κ2) is 5.73. The number of alkyl halides is 3. The lowest BCUT2D eigenvalue weighted by Gasteiger charge is -2.25. The first-order valence-corrected chi connectivity index (χ1v) is 8.17. The van der Waals surface area contributed by atoms with Gasteiger partial charge in [0.2, 0.25) is 5.76 Å². The van der Waals surface area contributed by atoms with Crippen LogP contribution in [-0.2, 0) is 0 Å². The number of thioether (sulfide) groups is 1.